The highest BCUT2D eigenvalue weighted by Gasteiger charge is 2.17. The molecule has 0 aliphatic rings. The molecule has 0 bridgehead atoms. The van der Waals surface area contributed by atoms with E-state index >= 15 is 0 Å². The predicted octanol–water partition coefficient (Wildman–Crippen LogP) is 5.62. The van der Waals surface area contributed by atoms with Crippen LogP contribution in [0.25, 0.3) is 0 Å². The Morgan fingerprint density at radius 2 is 2.18 bits per heavy atom. The van der Waals surface area contributed by atoms with E-state index in [1.165, 1.54) is 25.5 Å². The van der Waals surface area contributed by atoms with Crippen LogP contribution in [0.15, 0.2) is 55.6 Å². The second-order valence-corrected chi connectivity index (χ2v) is 8.37. The normalized spacial score (nSPS) is 11.1. The number of aromatic nitrogens is 1. The van der Waals surface area contributed by atoms with Crippen LogP contribution in [0.2, 0.25) is 0 Å². The topological polar surface area (TPSA) is 101 Å². The van der Waals surface area contributed by atoms with Crippen molar-refractivity contribution in [2.24, 2.45) is 5.10 Å². The number of rotatable bonds is 8. The van der Waals surface area contributed by atoms with Gasteiger partial charge in [0.05, 0.1) is 18.9 Å². The molecular formula is C22H17BrF2N4O3S. The lowest BCUT2D eigenvalue weighted by molar-refractivity contribution is 0.0926. The van der Waals surface area contributed by atoms with Crippen molar-refractivity contribution >= 4 is 39.8 Å². The Kier molecular flexibility index (Phi) is 8.19. The summed E-state index contributed by atoms with van der Waals surface area (Å²) in [5.41, 5.74) is 4.09. The summed E-state index contributed by atoms with van der Waals surface area (Å²) in [6, 6.07) is 11.6. The zero-order valence-electron chi connectivity index (χ0n) is 17.4. The lowest BCUT2D eigenvalue weighted by Crippen LogP contribution is -2.16. The number of hydrogen-bond acceptors (Lipinski definition) is 7. The molecule has 2 heterocycles. The molecule has 1 aromatic carbocycles. The molecule has 0 aliphatic heterocycles. The number of methoxy groups -OCH3 is 1. The van der Waals surface area contributed by atoms with Crippen LogP contribution in [0.5, 0.6) is 5.75 Å². The smallest absolute Gasteiger partial charge is 0.307 e. The summed E-state index contributed by atoms with van der Waals surface area (Å²) in [5.74, 6) is 0.480. The molecule has 33 heavy (non-hydrogen) atoms. The standard InChI is InChI=1S/C22H17BrF2N4O3S/c1-12-7-16(20(24)25)28-22(15(12)9-26)33-11-14-8-13(3-4-17(14)31-2)10-27-29-21(30)18-5-6-19(23)32-18/h3-8,10,20H,11H2,1-2H3,(H,29,30)/b27-10+. The molecule has 0 spiro atoms. The van der Waals surface area contributed by atoms with Crippen LogP contribution in [0.3, 0.4) is 0 Å². The molecule has 2 aromatic heterocycles. The number of benzene rings is 1. The van der Waals surface area contributed by atoms with E-state index < -0.39 is 12.3 Å². The van der Waals surface area contributed by atoms with E-state index in [0.29, 0.717) is 27.3 Å². The van der Waals surface area contributed by atoms with Crippen molar-refractivity contribution < 1.29 is 22.7 Å². The molecule has 3 aromatic rings. The molecule has 0 unspecified atom stereocenters. The molecule has 0 saturated heterocycles. The van der Waals surface area contributed by atoms with Crippen molar-refractivity contribution in [2.75, 3.05) is 7.11 Å². The lowest BCUT2D eigenvalue weighted by atomic mass is 10.1. The molecule has 3 rings (SSSR count). The minimum absolute atomic E-state index is 0.105. The third kappa shape index (κ3) is 6.18. The number of furan rings is 1. The van der Waals surface area contributed by atoms with Crippen molar-refractivity contribution in [3.05, 3.63) is 74.8 Å². The van der Waals surface area contributed by atoms with Gasteiger partial charge >= 0.3 is 5.91 Å². The van der Waals surface area contributed by atoms with E-state index in [-0.39, 0.29) is 22.0 Å². The summed E-state index contributed by atoms with van der Waals surface area (Å²) in [6.45, 7) is 1.60. The average molecular weight is 535 g/mol. The van der Waals surface area contributed by atoms with Crippen molar-refractivity contribution in [3.8, 4) is 11.8 Å². The quantitative estimate of drug-likeness (QED) is 0.228. The number of alkyl halides is 2. The van der Waals surface area contributed by atoms with Gasteiger partial charge in [-0.3, -0.25) is 4.79 Å². The molecular weight excluding hydrogens is 518 g/mol. The van der Waals surface area contributed by atoms with Gasteiger partial charge in [0.15, 0.2) is 10.4 Å². The molecule has 1 N–H and O–H groups in total. The highest BCUT2D eigenvalue weighted by Crippen LogP contribution is 2.32. The molecule has 0 aliphatic carbocycles. The van der Waals surface area contributed by atoms with Gasteiger partial charge in [0.1, 0.15) is 22.5 Å². The number of nitrogens with one attached hydrogen (secondary N) is 1. The van der Waals surface area contributed by atoms with Crippen LogP contribution in [-0.4, -0.2) is 24.2 Å². The number of nitrogens with zero attached hydrogens (tertiary/aromatic N) is 3. The van der Waals surface area contributed by atoms with Crippen molar-refractivity contribution in [1.82, 2.24) is 10.4 Å². The number of halogens is 3. The first-order chi connectivity index (χ1) is 15.8. The Morgan fingerprint density at radius 3 is 2.82 bits per heavy atom. The van der Waals surface area contributed by atoms with E-state index in [4.69, 9.17) is 9.15 Å². The fourth-order valence-electron chi connectivity index (χ4n) is 2.81. The molecule has 0 saturated carbocycles. The number of thioether (sulfide) groups is 1. The Balaban J connectivity index is 1.77. The number of carbonyl (C=O) groups excluding carboxylic acids is 1. The number of hydrogen-bond donors (Lipinski definition) is 1. The Morgan fingerprint density at radius 1 is 1.39 bits per heavy atom. The van der Waals surface area contributed by atoms with Gasteiger partial charge < -0.3 is 9.15 Å². The van der Waals surface area contributed by atoms with E-state index in [2.05, 4.69) is 31.4 Å². The summed E-state index contributed by atoms with van der Waals surface area (Å²) in [5, 5.41) is 13.6. The van der Waals surface area contributed by atoms with E-state index in [9.17, 15) is 18.8 Å². The zero-order valence-corrected chi connectivity index (χ0v) is 19.8. The highest BCUT2D eigenvalue weighted by molar-refractivity contribution is 9.10. The second-order valence-electron chi connectivity index (χ2n) is 6.62. The van der Waals surface area contributed by atoms with Crippen LogP contribution < -0.4 is 10.2 Å². The largest absolute Gasteiger partial charge is 0.496 e. The van der Waals surface area contributed by atoms with Crippen LogP contribution in [-0.2, 0) is 5.75 Å². The first-order valence-corrected chi connectivity index (χ1v) is 11.2. The fraction of sp³-hybridized carbons (Fsp3) is 0.182. The monoisotopic (exact) mass is 534 g/mol. The number of carbonyl (C=O) groups is 1. The maximum absolute atomic E-state index is 13.2. The molecule has 11 heteroatoms. The van der Waals surface area contributed by atoms with Gasteiger partial charge in [0, 0.05) is 11.3 Å². The summed E-state index contributed by atoms with van der Waals surface area (Å²) >= 11 is 4.28. The minimum Gasteiger partial charge on any atom is -0.496 e. The fourth-order valence-corrected chi connectivity index (χ4v) is 4.16. The van der Waals surface area contributed by atoms with Crippen molar-refractivity contribution in [3.63, 3.8) is 0 Å². The Bertz CT molecular complexity index is 1240. The molecule has 0 atom stereocenters. The number of ether oxygens (including phenoxy) is 1. The number of nitriles is 1. The van der Waals surface area contributed by atoms with Gasteiger partial charge in [0.25, 0.3) is 6.43 Å². The van der Waals surface area contributed by atoms with Crippen LogP contribution in [0.4, 0.5) is 8.78 Å². The van der Waals surface area contributed by atoms with Gasteiger partial charge in [-0.15, -0.1) is 11.8 Å². The van der Waals surface area contributed by atoms with E-state index in [1.807, 2.05) is 6.07 Å². The highest BCUT2D eigenvalue weighted by atomic mass is 79.9. The van der Waals surface area contributed by atoms with Crippen LogP contribution in [0, 0.1) is 18.3 Å². The van der Waals surface area contributed by atoms with Gasteiger partial charge in [-0.05, 0) is 70.4 Å². The van der Waals surface area contributed by atoms with Crippen molar-refractivity contribution in [2.45, 2.75) is 24.1 Å². The maximum atomic E-state index is 13.2. The van der Waals surface area contributed by atoms with Crippen LogP contribution in [0.1, 0.15) is 44.9 Å². The summed E-state index contributed by atoms with van der Waals surface area (Å²) in [4.78, 5) is 15.9. The number of pyridine rings is 1. The predicted molar refractivity (Wildman–Crippen MR) is 123 cm³/mol. The molecule has 0 radical (unpaired) electrons. The number of amides is 1. The number of aryl methyl sites for hydroxylation is 1. The van der Waals surface area contributed by atoms with E-state index in [1.54, 1.807) is 31.2 Å². The molecule has 170 valence electrons. The SMILES string of the molecule is COc1ccc(/C=N/NC(=O)c2ccc(Br)o2)cc1CSc1nc(C(F)F)cc(C)c1C#N. The van der Waals surface area contributed by atoms with E-state index in [0.717, 1.165) is 17.3 Å². The first kappa shape index (κ1) is 24.4. The summed E-state index contributed by atoms with van der Waals surface area (Å²) in [7, 11) is 1.51. The van der Waals surface area contributed by atoms with Gasteiger partial charge in [0.2, 0.25) is 0 Å². The zero-order chi connectivity index (χ0) is 24.0. The molecule has 7 nitrogen and oxygen atoms in total. The second kappa shape index (κ2) is 11.1. The van der Waals surface area contributed by atoms with Crippen molar-refractivity contribution in [1.29, 1.82) is 5.26 Å². The lowest BCUT2D eigenvalue weighted by Gasteiger charge is -2.11. The Hall–Kier alpha value is -3.23. The summed E-state index contributed by atoms with van der Waals surface area (Å²) in [6.07, 6.45) is -1.29. The van der Waals surface area contributed by atoms with Gasteiger partial charge in [-0.1, -0.05) is 0 Å². The summed E-state index contributed by atoms with van der Waals surface area (Å²) < 4.78 is 37.3. The minimum atomic E-state index is -2.73. The van der Waals surface area contributed by atoms with Crippen LogP contribution >= 0.6 is 27.7 Å². The Labute approximate surface area is 201 Å². The third-order valence-electron chi connectivity index (χ3n) is 4.38. The molecule has 0 fully saturated rings. The maximum Gasteiger partial charge on any atom is 0.307 e. The number of hydrazone groups is 1. The molecule has 1 amide bonds. The first-order valence-electron chi connectivity index (χ1n) is 9.40. The van der Waals surface area contributed by atoms with Gasteiger partial charge in [-0.2, -0.15) is 10.4 Å². The average Bonchev–Trinajstić information content (AvgIpc) is 3.23. The third-order valence-corrected chi connectivity index (χ3v) is 5.83. The van der Waals surface area contributed by atoms with Gasteiger partial charge in [-0.25, -0.2) is 19.2 Å².